The molecule has 3 aromatic rings. The maximum atomic E-state index is 12.3. The first kappa shape index (κ1) is 16.9. The molecular weight excluding hydrogens is 394 g/mol. The van der Waals surface area contributed by atoms with E-state index in [0.717, 1.165) is 27.6 Å². The van der Waals surface area contributed by atoms with Crippen LogP contribution in [0.3, 0.4) is 0 Å². The third kappa shape index (κ3) is 2.82. The number of rotatable bonds is 3. The number of aromatic hydroxyl groups is 1. The lowest BCUT2D eigenvalue weighted by atomic mass is 9.82. The van der Waals surface area contributed by atoms with Gasteiger partial charge in [-0.25, -0.2) is 0 Å². The normalized spacial score (nSPS) is 16.2. The lowest BCUT2D eigenvalue weighted by molar-refractivity contribution is -0.116. The van der Waals surface area contributed by atoms with Crippen LogP contribution in [0.25, 0.3) is 10.8 Å². The molecule has 26 heavy (non-hydrogen) atoms. The Morgan fingerprint density at radius 1 is 1.23 bits per heavy atom. The van der Waals surface area contributed by atoms with Gasteiger partial charge in [-0.3, -0.25) is 4.79 Å². The Hall–Kier alpha value is -2.53. The van der Waals surface area contributed by atoms with E-state index >= 15 is 0 Å². The van der Waals surface area contributed by atoms with E-state index < -0.39 is 0 Å². The minimum absolute atomic E-state index is 0.0139. The van der Waals surface area contributed by atoms with Crippen LogP contribution >= 0.6 is 15.9 Å². The second-order valence-corrected chi connectivity index (χ2v) is 7.19. The van der Waals surface area contributed by atoms with Crippen LogP contribution < -0.4 is 10.1 Å². The van der Waals surface area contributed by atoms with Gasteiger partial charge >= 0.3 is 0 Å². The van der Waals surface area contributed by atoms with Crippen molar-refractivity contribution in [3.8, 4) is 11.5 Å². The summed E-state index contributed by atoms with van der Waals surface area (Å²) >= 11 is 3.41. The fourth-order valence-electron chi connectivity index (χ4n) is 3.61. The van der Waals surface area contributed by atoms with E-state index in [4.69, 9.17) is 4.74 Å². The van der Waals surface area contributed by atoms with E-state index in [2.05, 4.69) is 33.4 Å². The van der Waals surface area contributed by atoms with Crippen LogP contribution in [0.1, 0.15) is 30.4 Å². The lowest BCUT2D eigenvalue weighted by Crippen LogP contribution is -2.23. The van der Waals surface area contributed by atoms with Gasteiger partial charge in [0.15, 0.2) is 11.5 Å². The molecule has 132 valence electrons. The molecule has 0 aromatic heterocycles. The predicted octanol–water partition coefficient (Wildman–Crippen LogP) is 5.18. The van der Waals surface area contributed by atoms with Crippen LogP contribution in [0, 0.1) is 0 Å². The summed E-state index contributed by atoms with van der Waals surface area (Å²) in [6, 6.07) is 15.9. The number of phenolic OH excluding ortho intramolecular Hbond substituents is 1. The first-order valence-electron chi connectivity index (χ1n) is 8.55. The lowest BCUT2D eigenvalue weighted by Gasteiger charge is -2.28. The van der Waals surface area contributed by atoms with Gasteiger partial charge in [0.05, 0.1) is 11.1 Å². The van der Waals surface area contributed by atoms with E-state index in [9.17, 15) is 9.90 Å². The molecule has 4 rings (SSSR count). The average molecular weight is 412 g/mol. The number of phenols is 1. The van der Waals surface area contributed by atoms with Crippen molar-refractivity contribution in [3.63, 3.8) is 0 Å². The summed E-state index contributed by atoms with van der Waals surface area (Å²) in [7, 11) is 0. The molecule has 1 atom stereocenters. The van der Waals surface area contributed by atoms with E-state index in [-0.39, 0.29) is 17.6 Å². The molecule has 1 amide bonds. The Kier molecular flexibility index (Phi) is 4.32. The summed E-state index contributed by atoms with van der Waals surface area (Å²) in [5.74, 6) is 0.375. The molecule has 1 aliphatic rings. The molecular formula is C21H18BrNO3. The van der Waals surface area contributed by atoms with Crippen molar-refractivity contribution in [1.82, 2.24) is 0 Å². The van der Waals surface area contributed by atoms with Crippen molar-refractivity contribution >= 4 is 38.3 Å². The largest absolute Gasteiger partial charge is 0.503 e. The van der Waals surface area contributed by atoms with Crippen molar-refractivity contribution in [2.24, 2.45) is 0 Å². The van der Waals surface area contributed by atoms with Crippen molar-refractivity contribution in [2.45, 2.75) is 19.3 Å². The van der Waals surface area contributed by atoms with Gasteiger partial charge in [0, 0.05) is 18.0 Å². The van der Waals surface area contributed by atoms with Gasteiger partial charge in [0.1, 0.15) is 0 Å². The average Bonchev–Trinajstić information content (AvgIpc) is 2.64. The molecule has 0 bridgehead atoms. The van der Waals surface area contributed by atoms with Crippen LogP contribution in [0.2, 0.25) is 0 Å². The molecule has 3 aromatic carbocycles. The molecule has 0 aliphatic carbocycles. The molecule has 1 aliphatic heterocycles. The van der Waals surface area contributed by atoms with Crippen LogP contribution in [-0.2, 0) is 4.79 Å². The zero-order valence-corrected chi connectivity index (χ0v) is 15.8. The highest BCUT2D eigenvalue weighted by atomic mass is 79.9. The van der Waals surface area contributed by atoms with Gasteiger partial charge < -0.3 is 15.2 Å². The number of nitrogens with one attached hydrogen (secondary N) is 1. The molecule has 0 saturated carbocycles. The van der Waals surface area contributed by atoms with Gasteiger partial charge in [0.25, 0.3) is 0 Å². The molecule has 0 spiro atoms. The highest BCUT2D eigenvalue weighted by Gasteiger charge is 2.29. The quantitative estimate of drug-likeness (QED) is 0.623. The van der Waals surface area contributed by atoms with E-state index in [1.165, 1.54) is 0 Å². The topological polar surface area (TPSA) is 58.6 Å². The third-order valence-electron chi connectivity index (χ3n) is 4.74. The molecule has 0 fully saturated rings. The molecule has 1 heterocycles. The Morgan fingerprint density at radius 2 is 2.04 bits per heavy atom. The molecule has 0 unspecified atom stereocenters. The minimum atomic E-state index is -0.110. The van der Waals surface area contributed by atoms with Gasteiger partial charge in [-0.15, -0.1) is 0 Å². The van der Waals surface area contributed by atoms with Crippen molar-refractivity contribution in [1.29, 1.82) is 0 Å². The number of carbonyl (C=O) groups is 1. The van der Waals surface area contributed by atoms with Crippen LogP contribution in [0.15, 0.2) is 53.0 Å². The third-order valence-corrected chi connectivity index (χ3v) is 5.34. The Labute approximate surface area is 159 Å². The van der Waals surface area contributed by atoms with E-state index in [1.807, 2.05) is 43.3 Å². The molecule has 0 saturated heterocycles. The number of amides is 1. The minimum Gasteiger partial charge on any atom is -0.503 e. The smallest absolute Gasteiger partial charge is 0.225 e. The van der Waals surface area contributed by atoms with Gasteiger partial charge in [-0.2, -0.15) is 0 Å². The number of carbonyl (C=O) groups excluding carboxylic acids is 1. The number of ether oxygens (including phenoxy) is 1. The number of hydrogen-bond acceptors (Lipinski definition) is 3. The van der Waals surface area contributed by atoms with E-state index in [1.54, 1.807) is 0 Å². The van der Waals surface area contributed by atoms with Crippen LogP contribution in [-0.4, -0.2) is 17.6 Å². The highest BCUT2D eigenvalue weighted by molar-refractivity contribution is 9.10. The summed E-state index contributed by atoms with van der Waals surface area (Å²) in [6.45, 7) is 2.32. The number of benzene rings is 3. The Bertz CT molecular complexity index is 1020. The fraction of sp³-hybridized carbons (Fsp3) is 0.190. The van der Waals surface area contributed by atoms with Crippen LogP contribution in [0.4, 0.5) is 5.69 Å². The SMILES string of the molecule is CCOc1cc([C@@H]2CC(=O)Nc3ccc4ccccc4c32)cc(Br)c1O. The standard InChI is InChI=1S/C21H18BrNO3/c1-2-26-18-10-13(9-16(22)21(18)25)15-11-19(24)23-17-8-7-12-5-3-4-6-14(12)20(15)17/h3-10,15,25H,2,11H2,1H3,(H,23,24)/t15-/m0/s1. The second-order valence-electron chi connectivity index (χ2n) is 6.34. The number of halogens is 1. The Balaban J connectivity index is 1.94. The monoisotopic (exact) mass is 411 g/mol. The molecule has 5 heteroatoms. The number of hydrogen-bond donors (Lipinski definition) is 2. The summed E-state index contributed by atoms with van der Waals surface area (Å²) in [6.07, 6.45) is 0.351. The van der Waals surface area contributed by atoms with Crippen molar-refractivity contribution in [2.75, 3.05) is 11.9 Å². The van der Waals surface area contributed by atoms with Gasteiger partial charge in [0.2, 0.25) is 5.91 Å². The maximum absolute atomic E-state index is 12.3. The molecule has 2 N–H and O–H groups in total. The zero-order chi connectivity index (χ0) is 18.3. The summed E-state index contributed by atoms with van der Waals surface area (Å²) in [4.78, 5) is 12.3. The molecule has 4 nitrogen and oxygen atoms in total. The number of anilines is 1. The van der Waals surface area contributed by atoms with E-state index in [0.29, 0.717) is 23.2 Å². The molecule has 0 radical (unpaired) electrons. The highest BCUT2D eigenvalue weighted by Crippen LogP contribution is 2.45. The van der Waals surface area contributed by atoms with Crippen molar-refractivity contribution in [3.05, 3.63) is 64.1 Å². The summed E-state index contributed by atoms with van der Waals surface area (Å²) in [5.41, 5.74) is 2.88. The zero-order valence-electron chi connectivity index (χ0n) is 14.3. The second kappa shape index (κ2) is 6.65. The number of fused-ring (bicyclic) bond motifs is 3. The fourth-order valence-corrected chi connectivity index (χ4v) is 4.07. The predicted molar refractivity (Wildman–Crippen MR) is 106 cm³/mol. The van der Waals surface area contributed by atoms with Gasteiger partial charge in [-0.05, 0) is 63.0 Å². The first-order valence-corrected chi connectivity index (χ1v) is 9.34. The van der Waals surface area contributed by atoms with Crippen LogP contribution in [0.5, 0.6) is 11.5 Å². The maximum Gasteiger partial charge on any atom is 0.225 e. The summed E-state index contributed by atoms with van der Waals surface area (Å²) in [5, 5.41) is 15.5. The van der Waals surface area contributed by atoms with Crippen molar-refractivity contribution < 1.29 is 14.6 Å². The summed E-state index contributed by atoms with van der Waals surface area (Å²) < 4.78 is 6.13. The Morgan fingerprint density at radius 3 is 2.85 bits per heavy atom. The van der Waals surface area contributed by atoms with Gasteiger partial charge in [-0.1, -0.05) is 30.3 Å². The first-order chi connectivity index (χ1) is 12.6.